The fraction of sp³-hybridized carbons (Fsp3) is 0.556. The van der Waals surface area contributed by atoms with Gasteiger partial charge >= 0.3 is 5.97 Å². The van der Waals surface area contributed by atoms with Crippen LogP contribution in [0.15, 0.2) is 11.6 Å². The van der Waals surface area contributed by atoms with Gasteiger partial charge < -0.3 is 4.74 Å². The second-order valence-electron chi connectivity index (χ2n) is 2.68. The van der Waals surface area contributed by atoms with Crippen LogP contribution in [0.1, 0.15) is 36.0 Å². The standard InChI is InChI=1S/C9H13NO2S/c1-2-3-4-6-12-9(11)8-10-5-7-13-8/h5,7H,2-4,6H2,1H3. The van der Waals surface area contributed by atoms with E-state index in [2.05, 4.69) is 11.9 Å². The van der Waals surface area contributed by atoms with Crippen molar-refractivity contribution in [2.45, 2.75) is 26.2 Å². The van der Waals surface area contributed by atoms with Crippen molar-refractivity contribution in [3.05, 3.63) is 16.6 Å². The first-order valence-electron chi connectivity index (χ1n) is 4.41. The van der Waals surface area contributed by atoms with Crippen LogP contribution in [0.5, 0.6) is 0 Å². The van der Waals surface area contributed by atoms with Crippen molar-refractivity contribution < 1.29 is 9.53 Å². The first-order valence-corrected chi connectivity index (χ1v) is 5.29. The lowest BCUT2D eigenvalue weighted by Gasteiger charge is -2.00. The molecule has 1 aromatic rings. The molecule has 0 aliphatic heterocycles. The molecule has 0 aliphatic carbocycles. The van der Waals surface area contributed by atoms with Gasteiger partial charge in [-0.3, -0.25) is 0 Å². The van der Waals surface area contributed by atoms with Gasteiger partial charge in [-0.2, -0.15) is 0 Å². The zero-order valence-electron chi connectivity index (χ0n) is 7.66. The Balaban J connectivity index is 2.19. The number of esters is 1. The third-order valence-corrected chi connectivity index (χ3v) is 2.34. The number of rotatable bonds is 5. The molecule has 1 heterocycles. The van der Waals surface area contributed by atoms with E-state index in [-0.39, 0.29) is 5.97 Å². The Hall–Kier alpha value is -0.900. The van der Waals surface area contributed by atoms with Gasteiger partial charge in [0.2, 0.25) is 5.01 Å². The van der Waals surface area contributed by atoms with Crippen LogP contribution in [0.25, 0.3) is 0 Å². The van der Waals surface area contributed by atoms with Crippen LogP contribution in [0.3, 0.4) is 0 Å². The minimum atomic E-state index is -0.300. The number of ether oxygens (including phenoxy) is 1. The maximum Gasteiger partial charge on any atom is 0.367 e. The van der Waals surface area contributed by atoms with E-state index in [0.29, 0.717) is 11.6 Å². The number of hydrogen-bond acceptors (Lipinski definition) is 4. The average molecular weight is 199 g/mol. The zero-order valence-corrected chi connectivity index (χ0v) is 8.47. The summed E-state index contributed by atoms with van der Waals surface area (Å²) in [5.74, 6) is -0.300. The highest BCUT2D eigenvalue weighted by Crippen LogP contribution is 2.06. The van der Waals surface area contributed by atoms with Gasteiger partial charge in [0.15, 0.2) is 0 Å². The lowest BCUT2D eigenvalue weighted by Crippen LogP contribution is -2.05. The summed E-state index contributed by atoms with van der Waals surface area (Å²) < 4.78 is 5.00. The number of thiazole rings is 1. The van der Waals surface area contributed by atoms with Crippen molar-refractivity contribution in [3.63, 3.8) is 0 Å². The molecular formula is C9H13NO2S. The molecule has 0 fully saturated rings. The van der Waals surface area contributed by atoms with Crippen LogP contribution in [-0.4, -0.2) is 17.6 Å². The van der Waals surface area contributed by atoms with E-state index in [4.69, 9.17) is 4.74 Å². The van der Waals surface area contributed by atoms with Gasteiger partial charge in [0.1, 0.15) is 0 Å². The summed E-state index contributed by atoms with van der Waals surface area (Å²) in [4.78, 5) is 15.1. The average Bonchev–Trinajstić information content (AvgIpc) is 2.65. The lowest BCUT2D eigenvalue weighted by molar-refractivity contribution is 0.0498. The van der Waals surface area contributed by atoms with Crippen LogP contribution < -0.4 is 0 Å². The molecule has 0 unspecified atom stereocenters. The topological polar surface area (TPSA) is 39.2 Å². The molecule has 13 heavy (non-hydrogen) atoms. The van der Waals surface area contributed by atoms with Crippen molar-refractivity contribution in [3.8, 4) is 0 Å². The van der Waals surface area contributed by atoms with Gasteiger partial charge in [0, 0.05) is 11.6 Å². The Bertz CT molecular complexity index is 246. The number of nitrogens with zero attached hydrogens (tertiary/aromatic N) is 1. The summed E-state index contributed by atoms with van der Waals surface area (Å²) in [6.07, 6.45) is 4.78. The molecule has 0 radical (unpaired) electrons. The van der Waals surface area contributed by atoms with Crippen molar-refractivity contribution >= 4 is 17.3 Å². The number of unbranched alkanes of at least 4 members (excludes halogenated alkanes) is 2. The van der Waals surface area contributed by atoms with E-state index in [0.717, 1.165) is 19.3 Å². The Kier molecular flexibility index (Phi) is 4.46. The van der Waals surface area contributed by atoms with E-state index < -0.39 is 0 Å². The molecular weight excluding hydrogens is 186 g/mol. The summed E-state index contributed by atoms with van der Waals surface area (Å²) in [7, 11) is 0. The Morgan fingerprint density at radius 1 is 1.62 bits per heavy atom. The second kappa shape index (κ2) is 5.70. The molecule has 4 heteroatoms. The van der Waals surface area contributed by atoms with Gasteiger partial charge in [0.05, 0.1) is 6.61 Å². The molecule has 0 N–H and O–H groups in total. The SMILES string of the molecule is CCCCCOC(=O)c1nccs1. The molecule has 72 valence electrons. The first kappa shape index (κ1) is 10.2. The van der Waals surface area contributed by atoms with E-state index >= 15 is 0 Å². The summed E-state index contributed by atoms with van der Waals surface area (Å²) in [6, 6.07) is 0. The predicted octanol–water partition coefficient (Wildman–Crippen LogP) is 2.49. The van der Waals surface area contributed by atoms with Crippen molar-refractivity contribution in [1.29, 1.82) is 0 Å². The van der Waals surface area contributed by atoms with Gasteiger partial charge in [-0.1, -0.05) is 19.8 Å². The minimum Gasteiger partial charge on any atom is -0.460 e. The quantitative estimate of drug-likeness (QED) is 0.540. The summed E-state index contributed by atoms with van der Waals surface area (Å²) in [5, 5.41) is 2.21. The molecule has 0 saturated heterocycles. The highest BCUT2D eigenvalue weighted by atomic mass is 32.1. The fourth-order valence-electron chi connectivity index (χ4n) is 0.903. The van der Waals surface area contributed by atoms with Crippen molar-refractivity contribution in [2.24, 2.45) is 0 Å². The highest BCUT2D eigenvalue weighted by Gasteiger charge is 2.08. The van der Waals surface area contributed by atoms with Gasteiger partial charge in [-0.15, -0.1) is 11.3 Å². The highest BCUT2D eigenvalue weighted by molar-refractivity contribution is 7.11. The van der Waals surface area contributed by atoms with Crippen LogP contribution in [0, 0.1) is 0 Å². The van der Waals surface area contributed by atoms with Gasteiger partial charge in [0.25, 0.3) is 0 Å². The van der Waals surface area contributed by atoms with Crippen molar-refractivity contribution in [1.82, 2.24) is 4.98 Å². The molecule has 0 atom stereocenters. The maximum absolute atomic E-state index is 11.2. The first-order chi connectivity index (χ1) is 6.34. The number of hydrogen-bond donors (Lipinski definition) is 0. The molecule has 1 rings (SSSR count). The summed E-state index contributed by atoms with van der Waals surface area (Å²) >= 11 is 1.31. The number of aromatic nitrogens is 1. The summed E-state index contributed by atoms with van der Waals surface area (Å²) in [5.41, 5.74) is 0. The normalized spacial score (nSPS) is 9.92. The van der Waals surface area contributed by atoms with Crippen molar-refractivity contribution in [2.75, 3.05) is 6.61 Å². The molecule has 0 spiro atoms. The van der Waals surface area contributed by atoms with E-state index in [9.17, 15) is 4.79 Å². The third kappa shape index (κ3) is 3.55. The molecule has 0 aliphatic rings. The fourth-order valence-corrected chi connectivity index (χ4v) is 1.43. The van der Waals surface area contributed by atoms with Crippen LogP contribution >= 0.6 is 11.3 Å². The Morgan fingerprint density at radius 2 is 2.46 bits per heavy atom. The molecule has 3 nitrogen and oxygen atoms in total. The predicted molar refractivity (Wildman–Crippen MR) is 51.9 cm³/mol. The van der Waals surface area contributed by atoms with Crippen LogP contribution in [-0.2, 0) is 4.74 Å². The smallest absolute Gasteiger partial charge is 0.367 e. The van der Waals surface area contributed by atoms with Gasteiger partial charge in [-0.25, -0.2) is 9.78 Å². The monoisotopic (exact) mass is 199 g/mol. The Morgan fingerprint density at radius 3 is 3.08 bits per heavy atom. The van der Waals surface area contributed by atoms with E-state index in [1.807, 2.05) is 0 Å². The maximum atomic E-state index is 11.2. The molecule has 0 saturated carbocycles. The largest absolute Gasteiger partial charge is 0.460 e. The number of carbonyl (C=O) groups excluding carboxylic acids is 1. The second-order valence-corrected chi connectivity index (χ2v) is 3.57. The van der Waals surface area contributed by atoms with Crippen LogP contribution in [0.4, 0.5) is 0 Å². The van der Waals surface area contributed by atoms with E-state index in [1.54, 1.807) is 11.6 Å². The minimum absolute atomic E-state index is 0.300. The zero-order chi connectivity index (χ0) is 9.52. The molecule has 0 amide bonds. The molecule has 0 bridgehead atoms. The van der Waals surface area contributed by atoms with E-state index in [1.165, 1.54) is 11.3 Å². The molecule has 0 aromatic carbocycles. The number of carbonyl (C=O) groups is 1. The lowest BCUT2D eigenvalue weighted by atomic mass is 10.3. The Labute approximate surface area is 81.8 Å². The third-order valence-electron chi connectivity index (χ3n) is 1.59. The summed E-state index contributed by atoms with van der Waals surface area (Å²) in [6.45, 7) is 2.62. The van der Waals surface area contributed by atoms with Crippen LogP contribution in [0.2, 0.25) is 0 Å². The van der Waals surface area contributed by atoms with Gasteiger partial charge in [-0.05, 0) is 6.42 Å². The molecule has 1 aromatic heterocycles.